The molecule has 2 aromatic carbocycles. The average molecular weight is 489 g/mol. The van der Waals surface area contributed by atoms with Crippen LogP contribution < -0.4 is 10.1 Å². The number of nitrogens with zero attached hydrogens (tertiary/aromatic N) is 3. The molecule has 0 unspecified atom stereocenters. The average Bonchev–Trinajstić information content (AvgIpc) is 3.15. The minimum Gasteiger partial charge on any atom is -0.406 e. The summed E-state index contributed by atoms with van der Waals surface area (Å²) in [6.07, 6.45) is -0.826. The lowest BCUT2D eigenvalue weighted by atomic mass is 10.2. The van der Waals surface area contributed by atoms with Crippen LogP contribution in [-0.2, 0) is 24.3 Å². The molecule has 0 aliphatic rings. The number of alkyl halides is 3. The van der Waals surface area contributed by atoms with E-state index in [1.165, 1.54) is 12.1 Å². The number of nitrogens with one attached hydrogen (secondary N) is 1. The number of benzene rings is 2. The van der Waals surface area contributed by atoms with E-state index >= 15 is 0 Å². The van der Waals surface area contributed by atoms with E-state index in [4.69, 9.17) is 11.6 Å². The van der Waals surface area contributed by atoms with Crippen LogP contribution in [0.5, 0.6) is 5.75 Å². The second-order valence-electron chi connectivity index (χ2n) is 7.57. The zero-order valence-corrected chi connectivity index (χ0v) is 18.6. The molecule has 0 aliphatic heterocycles. The topological polar surface area (TPSA) is 69.0 Å². The molecule has 4 aromatic rings. The van der Waals surface area contributed by atoms with Gasteiger partial charge in [0.05, 0.1) is 17.2 Å². The fraction of sp³-hybridized carbons (Fsp3) is 0.208. The van der Waals surface area contributed by atoms with Gasteiger partial charge in [-0.3, -0.25) is 9.78 Å². The molecule has 0 saturated carbocycles. The smallest absolute Gasteiger partial charge is 0.406 e. The third-order valence-corrected chi connectivity index (χ3v) is 5.36. The van der Waals surface area contributed by atoms with Gasteiger partial charge < -0.3 is 14.6 Å². The van der Waals surface area contributed by atoms with Crippen LogP contribution in [0, 0.1) is 0 Å². The molecule has 0 saturated heterocycles. The molecule has 0 aliphatic carbocycles. The van der Waals surface area contributed by atoms with E-state index in [-0.39, 0.29) is 18.1 Å². The summed E-state index contributed by atoms with van der Waals surface area (Å²) in [6.45, 7) is 0.749. The zero-order chi connectivity index (χ0) is 24.1. The maximum atomic E-state index is 12.4. The van der Waals surface area contributed by atoms with Gasteiger partial charge in [0.1, 0.15) is 11.6 Å². The molecule has 0 atom stereocenters. The van der Waals surface area contributed by atoms with Crippen LogP contribution in [0.1, 0.15) is 23.4 Å². The van der Waals surface area contributed by atoms with Crippen LogP contribution in [0.25, 0.3) is 11.0 Å². The Balaban J connectivity index is 1.44. The predicted molar refractivity (Wildman–Crippen MR) is 121 cm³/mol. The molecule has 0 spiro atoms. The Morgan fingerprint density at radius 1 is 1.03 bits per heavy atom. The van der Waals surface area contributed by atoms with Crippen LogP contribution >= 0.6 is 11.6 Å². The normalized spacial score (nSPS) is 11.5. The number of amides is 1. The Kier molecular flexibility index (Phi) is 7.02. The Morgan fingerprint density at radius 3 is 2.44 bits per heavy atom. The summed E-state index contributed by atoms with van der Waals surface area (Å²) in [4.78, 5) is 21.2. The lowest BCUT2D eigenvalue weighted by Crippen LogP contribution is -2.23. The van der Waals surface area contributed by atoms with Crippen molar-refractivity contribution < 1.29 is 22.7 Å². The summed E-state index contributed by atoms with van der Waals surface area (Å²) in [5.74, 6) is 0.270. The van der Waals surface area contributed by atoms with Gasteiger partial charge in [0.2, 0.25) is 5.91 Å². The highest BCUT2D eigenvalue weighted by molar-refractivity contribution is 6.30. The Hall–Kier alpha value is -3.59. The van der Waals surface area contributed by atoms with Crippen molar-refractivity contribution in [1.82, 2.24) is 19.9 Å². The van der Waals surface area contributed by atoms with Gasteiger partial charge in [-0.15, -0.1) is 13.2 Å². The largest absolute Gasteiger partial charge is 0.573 e. The number of fused-ring (bicyclic) bond motifs is 1. The van der Waals surface area contributed by atoms with Gasteiger partial charge in [-0.1, -0.05) is 35.9 Å². The second-order valence-corrected chi connectivity index (χ2v) is 8.01. The summed E-state index contributed by atoms with van der Waals surface area (Å²) in [7, 11) is 0. The van der Waals surface area contributed by atoms with Crippen molar-refractivity contribution in [2.45, 2.75) is 32.3 Å². The van der Waals surface area contributed by atoms with Gasteiger partial charge in [0.25, 0.3) is 0 Å². The van der Waals surface area contributed by atoms with Gasteiger partial charge in [0.15, 0.2) is 0 Å². The van der Waals surface area contributed by atoms with Gasteiger partial charge in [-0.2, -0.15) is 0 Å². The van der Waals surface area contributed by atoms with Gasteiger partial charge in [-0.05, 0) is 41.5 Å². The molecule has 1 amide bonds. The van der Waals surface area contributed by atoms with Crippen molar-refractivity contribution in [2.75, 3.05) is 0 Å². The van der Waals surface area contributed by atoms with Crippen molar-refractivity contribution in [3.63, 3.8) is 0 Å². The summed E-state index contributed by atoms with van der Waals surface area (Å²) in [5, 5.41) is 3.51. The summed E-state index contributed by atoms with van der Waals surface area (Å²) in [5.41, 5.74) is 3.19. The van der Waals surface area contributed by atoms with E-state index in [0.29, 0.717) is 30.4 Å². The number of hydrogen-bond donors (Lipinski definition) is 1. The quantitative estimate of drug-likeness (QED) is 0.366. The molecule has 6 nitrogen and oxygen atoms in total. The van der Waals surface area contributed by atoms with E-state index in [2.05, 4.69) is 20.0 Å². The van der Waals surface area contributed by atoms with Gasteiger partial charge in [-0.25, -0.2) is 4.98 Å². The summed E-state index contributed by atoms with van der Waals surface area (Å²) < 4.78 is 43.1. The van der Waals surface area contributed by atoms with E-state index in [9.17, 15) is 18.0 Å². The maximum absolute atomic E-state index is 12.4. The number of halogens is 4. The molecule has 34 heavy (non-hydrogen) atoms. The fourth-order valence-electron chi connectivity index (χ4n) is 3.48. The number of carbonyl (C=O) groups excluding carboxylic acids is 1. The Morgan fingerprint density at radius 2 is 1.74 bits per heavy atom. The van der Waals surface area contributed by atoms with Crippen molar-refractivity contribution >= 4 is 28.5 Å². The molecule has 2 heterocycles. The van der Waals surface area contributed by atoms with Crippen molar-refractivity contribution in [1.29, 1.82) is 0 Å². The molecule has 1 N–H and O–H groups in total. The highest BCUT2D eigenvalue weighted by Gasteiger charge is 2.31. The second kappa shape index (κ2) is 10.1. The minimum atomic E-state index is -4.74. The molecule has 0 radical (unpaired) electrons. The molecule has 0 bridgehead atoms. The predicted octanol–water partition coefficient (Wildman–Crippen LogP) is 5.28. The number of hydrogen-bond acceptors (Lipinski definition) is 4. The SMILES string of the molecule is O=C(CCc1nc2ccncc2n1Cc1ccc(OC(F)(F)F)cc1)NCc1ccc(Cl)cc1. The van der Waals surface area contributed by atoms with Crippen LogP contribution in [0.4, 0.5) is 13.2 Å². The van der Waals surface area contributed by atoms with Crippen molar-refractivity contribution in [2.24, 2.45) is 0 Å². The van der Waals surface area contributed by atoms with Crippen molar-refractivity contribution in [3.05, 3.63) is 89.0 Å². The van der Waals surface area contributed by atoms with Crippen LogP contribution in [0.2, 0.25) is 5.02 Å². The van der Waals surface area contributed by atoms with Crippen LogP contribution in [0.15, 0.2) is 67.0 Å². The molecule has 0 fully saturated rings. The molecular weight excluding hydrogens is 469 g/mol. The first-order valence-corrected chi connectivity index (χ1v) is 10.8. The summed E-state index contributed by atoms with van der Waals surface area (Å²) in [6, 6.07) is 14.7. The third-order valence-electron chi connectivity index (χ3n) is 5.11. The highest BCUT2D eigenvalue weighted by Crippen LogP contribution is 2.24. The first-order chi connectivity index (χ1) is 16.3. The van der Waals surface area contributed by atoms with E-state index in [1.807, 2.05) is 16.7 Å². The number of aryl methyl sites for hydroxylation is 1. The number of imidazole rings is 1. The Labute approximate surface area is 198 Å². The number of ether oxygens (including phenoxy) is 1. The number of aromatic nitrogens is 3. The van der Waals surface area contributed by atoms with Crippen molar-refractivity contribution in [3.8, 4) is 5.75 Å². The number of rotatable bonds is 8. The minimum absolute atomic E-state index is 0.125. The fourth-order valence-corrected chi connectivity index (χ4v) is 3.61. The molecule has 10 heteroatoms. The zero-order valence-electron chi connectivity index (χ0n) is 17.8. The van der Waals surface area contributed by atoms with Gasteiger partial charge in [0, 0.05) is 37.2 Å². The standard InChI is InChI=1S/C24H20ClF3N4O2/c25-18-5-1-16(2-6-18)13-30-23(33)10-9-22-31-20-11-12-29-14-21(20)32(22)15-17-3-7-19(8-4-17)34-24(26,27)28/h1-8,11-12,14H,9-10,13,15H2,(H,30,33). The lowest BCUT2D eigenvalue weighted by molar-refractivity contribution is -0.274. The number of carbonyl (C=O) groups is 1. The van der Waals surface area contributed by atoms with E-state index in [0.717, 1.165) is 22.2 Å². The van der Waals surface area contributed by atoms with Gasteiger partial charge >= 0.3 is 6.36 Å². The highest BCUT2D eigenvalue weighted by atomic mass is 35.5. The first kappa shape index (κ1) is 23.6. The number of pyridine rings is 1. The third kappa shape index (κ3) is 6.26. The van der Waals surface area contributed by atoms with Crippen LogP contribution in [0.3, 0.4) is 0 Å². The lowest BCUT2D eigenvalue weighted by Gasteiger charge is -2.12. The maximum Gasteiger partial charge on any atom is 0.573 e. The monoisotopic (exact) mass is 488 g/mol. The van der Waals surface area contributed by atoms with E-state index < -0.39 is 6.36 Å². The molecular formula is C24H20ClF3N4O2. The van der Waals surface area contributed by atoms with Crippen LogP contribution in [-0.4, -0.2) is 26.8 Å². The molecule has 176 valence electrons. The van der Waals surface area contributed by atoms with E-state index in [1.54, 1.807) is 42.7 Å². The summed E-state index contributed by atoms with van der Waals surface area (Å²) >= 11 is 5.88. The Bertz CT molecular complexity index is 1270. The molecule has 4 rings (SSSR count). The first-order valence-electron chi connectivity index (χ1n) is 10.4. The molecule has 2 aromatic heterocycles.